The van der Waals surface area contributed by atoms with Gasteiger partial charge in [-0.05, 0) is 30.3 Å². The average Bonchev–Trinajstić information content (AvgIpc) is 2.95. The zero-order valence-corrected chi connectivity index (χ0v) is 12.2. The summed E-state index contributed by atoms with van der Waals surface area (Å²) in [6, 6.07) is 12.5. The maximum absolute atomic E-state index is 11.6. The maximum atomic E-state index is 11.6. The van der Waals surface area contributed by atoms with Crippen molar-refractivity contribution in [3.8, 4) is 6.07 Å². The highest BCUT2D eigenvalue weighted by Gasteiger charge is 2.23. The highest BCUT2D eigenvalue weighted by atomic mass is 35.5. The molecule has 0 radical (unpaired) electrons. The van der Waals surface area contributed by atoms with E-state index in [0.717, 1.165) is 11.4 Å². The molecule has 110 valence electrons. The molecule has 1 amide bonds. The number of amides is 1. The molecule has 2 heterocycles. The zero-order valence-electron chi connectivity index (χ0n) is 11.4. The zero-order chi connectivity index (χ0) is 15.5. The average molecular weight is 315 g/mol. The van der Waals surface area contributed by atoms with E-state index in [4.69, 9.17) is 21.6 Å². The highest BCUT2D eigenvalue weighted by molar-refractivity contribution is 6.31. The first-order valence-electron chi connectivity index (χ1n) is 6.55. The van der Waals surface area contributed by atoms with Gasteiger partial charge in [-0.15, -0.1) is 0 Å². The second kappa shape index (κ2) is 5.92. The standard InChI is InChI=1S/C15H11ClN4O2/c16-12-4-5-14(19-13(12)9-17)18-10-2-1-3-11(8-10)20-6-7-22-15(20)21/h1-5,8H,6-7H2,(H,18,19). The Morgan fingerprint density at radius 3 is 2.95 bits per heavy atom. The topological polar surface area (TPSA) is 78.2 Å². The van der Waals surface area contributed by atoms with Crippen LogP contribution in [-0.4, -0.2) is 24.2 Å². The van der Waals surface area contributed by atoms with Crippen LogP contribution >= 0.6 is 11.6 Å². The highest BCUT2D eigenvalue weighted by Crippen LogP contribution is 2.25. The summed E-state index contributed by atoms with van der Waals surface area (Å²) >= 11 is 5.86. The van der Waals surface area contributed by atoms with Crippen molar-refractivity contribution in [2.45, 2.75) is 0 Å². The Bertz CT molecular complexity index is 772. The van der Waals surface area contributed by atoms with E-state index in [9.17, 15) is 4.79 Å². The van der Waals surface area contributed by atoms with Crippen LogP contribution in [0.1, 0.15) is 5.69 Å². The van der Waals surface area contributed by atoms with Crippen LogP contribution in [-0.2, 0) is 4.74 Å². The van der Waals surface area contributed by atoms with Crippen LogP contribution in [0, 0.1) is 11.3 Å². The van der Waals surface area contributed by atoms with Crippen LogP contribution in [0.5, 0.6) is 0 Å². The van der Waals surface area contributed by atoms with Crippen molar-refractivity contribution in [1.82, 2.24) is 4.98 Å². The molecule has 0 aliphatic carbocycles. The van der Waals surface area contributed by atoms with E-state index in [1.54, 1.807) is 17.0 Å². The first-order chi connectivity index (χ1) is 10.7. The third-order valence-corrected chi connectivity index (χ3v) is 3.45. The lowest BCUT2D eigenvalue weighted by Crippen LogP contribution is -2.23. The fraction of sp³-hybridized carbons (Fsp3) is 0.133. The summed E-state index contributed by atoms with van der Waals surface area (Å²) < 4.78 is 4.93. The van der Waals surface area contributed by atoms with Crippen LogP contribution in [0.4, 0.5) is 22.0 Å². The molecular formula is C15H11ClN4O2. The normalized spacial score (nSPS) is 13.6. The summed E-state index contributed by atoms with van der Waals surface area (Å²) in [7, 11) is 0. The van der Waals surface area contributed by atoms with Crippen molar-refractivity contribution in [2.75, 3.05) is 23.4 Å². The van der Waals surface area contributed by atoms with Crippen LogP contribution in [0.3, 0.4) is 0 Å². The fourth-order valence-corrected chi connectivity index (χ4v) is 2.27. The van der Waals surface area contributed by atoms with Crippen LogP contribution in [0.25, 0.3) is 0 Å². The van der Waals surface area contributed by atoms with Crippen molar-refractivity contribution in [1.29, 1.82) is 5.26 Å². The monoisotopic (exact) mass is 314 g/mol. The quantitative estimate of drug-likeness (QED) is 0.940. The van der Waals surface area contributed by atoms with Crippen molar-refractivity contribution in [2.24, 2.45) is 0 Å². The van der Waals surface area contributed by atoms with Gasteiger partial charge in [-0.2, -0.15) is 5.26 Å². The van der Waals surface area contributed by atoms with Gasteiger partial charge in [-0.3, -0.25) is 4.90 Å². The SMILES string of the molecule is N#Cc1nc(Nc2cccc(N3CCOC3=O)c2)ccc1Cl. The minimum Gasteiger partial charge on any atom is -0.447 e. The van der Waals surface area contributed by atoms with Crippen molar-refractivity contribution in [3.63, 3.8) is 0 Å². The number of halogens is 1. The number of nitriles is 1. The molecule has 0 bridgehead atoms. The van der Waals surface area contributed by atoms with Gasteiger partial charge in [-0.25, -0.2) is 9.78 Å². The molecule has 1 aliphatic heterocycles. The van der Waals surface area contributed by atoms with Crippen molar-refractivity contribution >= 4 is 34.9 Å². The van der Waals surface area contributed by atoms with Crippen LogP contribution in [0.2, 0.25) is 5.02 Å². The third kappa shape index (κ3) is 2.80. The molecule has 1 aliphatic rings. The number of nitrogens with zero attached hydrogens (tertiary/aromatic N) is 3. The van der Waals surface area contributed by atoms with Gasteiger partial charge in [0.2, 0.25) is 0 Å². The number of anilines is 3. The number of ether oxygens (including phenoxy) is 1. The minimum atomic E-state index is -0.353. The minimum absolute atomic E-state index is 0.158. The van der Waals surface area contributed by atoms with Crippen molar-refractivity contribution < 1.29 is 9.53 Å². The number of cyclic esters (lactones) is 1. The number of aromatic nitrogens is 1. The van der Waals surface area contributed by atoms with Gasteiger partial charge in [0.05, 0.1) is 11.6 Å². The number of hydrogen-bond donors (Lipinski definition) is 1. The molecule has 1 aromatic heterocycles. The number of carbonyl (C=O) groups excluding carboxylic acids is 1. The summed E-state index contributed by atoms with van der Waals surface area (Å²) in [5, 5.41) is 12.3. The second-order valence-corrected chi connectivity index (χ2v) is 4.99. The molecule has 3 rings (SSSR count). The molecule has 22 heavy (non-hydrogen) atoms. The maximum Gasteiger partial charge on any atom is 0.414 e. The van der Waals surface area contributed by atoms with Gasteiger partial charge in [0, 0.05) is 11.4 Å². The smallest absolute Gasteiger partial charge is 0.414 e. The Morgan fingerprint density at radius 1 is 1.36 bits per heavy atom. The number of nitrogens with one attached hydrogen (secondary N) is 1. The van der Waals surface area contributed by atoms with Crippen LogP contribution < -0.4 is 10.2 Å². The molecular weight excluding hydrogens is 304 g/mol. The number of benzene rings is 1. The van der Waals surface area contributed by atoms with Gasteiger partial charge < -0.3 is 10.1 Å². The molecule has 1 aromatic carbocycles. The molecule has 0 spiro atoms. The van der Waals surface area contributed by atoms with Gasteiger partial charge in [0.15, 0.2) is 5.69 Å². The first kappa shape index (κ1) is 14.2. The predicted molar refractivity (Wildman–Crippen MR) is 82.4 cm³/mol. The largest absolute Gasteiger partial charge is 0.447 e. The van der Waals surface area contributed by atoms with Gasteiger partial charge in [0.1, 0.15) is 18.5 Å². The van der Waals surface area contributed by atoms with E-state index in [2.05, 4.69) is 10.3 Å². The van der Waals surface area contributed by atoms with E-state index in [0.29, 0.717) is 24.0 Å². The number of rotatable bonds is 3. The Hall–Kier alpha value is -2.78. The van der Waals surface area contributed by atoms with E-state index in [1.807, 2.05) is 30.3 Å². The van der Waals surface area contributed by atoms with Gasteiger partial charge in [0.25, 0.3) is 0 Å². The molecule has 1 N–H and O–H groups in total. The lowest BCUT2D eigenvalue weighted by Gasteiger charge is -2.14. The molecule has 0 unspecified atom stereocenters. The Balaban J connectivity index is 1.84. The Kier molecular flexibility index (Phi) is 3.81. The van der Waals surface area contributed by atoms with Crippen molar-refractivity contribution in [3.05, 3.63) is 47.1 Å². The molecule has 2 aromatic rings. The van der Waals surface area contributed by atoms with E-state index in [1.165, 1.54) is 0 Å². The Labute approximate surface area is 131 Å². The molecule has 1 saturated heterocycles. The molecule has 6 nitrogen and oxygen atoms in total. The van der Waals surface area contributed by atoms with E-state index in [-0.39, 0.29) is 11.8 Å². The summed E-state index contributed by atoms with van der Waals surface area (Å²) in [6.07, 6.45) is -0.353. The van der Waals surface area contributed by atoms with Gasteiger partial charge in [-0.1, -0.05) is 17.7 Å². The summed E-state index contributed by atoms with van der Waals surface area (Å²) in [5.74, 6) is 0.502. The number of hydrogen-bond acceptors (Lipinski definition) is 5. The predicted octanol–water partition coefficient (Wildman–Crippen LogP) is 3.31. The summed E-state index contributed by atoms with van der Waals surface area (Å²) in [4.78, 5) is 17.3. The lowest BCUT2D eigenvalue weighted by molar-refractivity contribution is 0.181. The number of carbonyl (C=O) groups is 1. The summed E-state index contributed by atoms with van der Waals surface area (Å²) in [5.41, 5.74) is 1.64. The van der Waals surface area contributed by atoms with Crippen LogP contribution in [0.15, 0.2) is 36.4 Å². The lowest BCUT2D eigenvalue weighted by atomic mass is 10.2. The van der Waals surface area contributed by atoms with Gasteiger partial charge >= 0.3 is 6.09 Å². The second-order valence-electron chi connectivity index (χ2n) is 4.58. The molecule has 0 saturated carbocycles. The van der Waals surface area contributed by atoms with E-state index >= 15 is 0 Å². The fourth-order valence-electron chi connectivity index (χ4n) is 2.12. The molecule has 0 atom stereocenters. The first-order valence-corrected chi connectivity index (χ1v) is 6.93. The van der Waals surface area contributed by atoms with E-state index < -0.39 is 0 Å². The summed E-state index contributed by atoms with van der Waals surface area (Å²) in [6.45, 7) is 0.917. The number of pyridine rings is 1. The molecule has 7 heteroatoms. The third-order valence-electron chi connectivity index (χ3n) is 3.14. The Morgan fingerprint density at radius 2 is 2.23 bits per heavy atom. The molecule has 1 fully saturated rings.